The van der Waals surface area contributed by atoms with Crippen molar-refractivity contribution >= 4 is 5.97 Å². The third-order valence-corrected chi connectivity index (χ3v) is 6.63. The van der Waals surface area contributed by atoms with Crippen LogP contribution < -0.4 is 9.47 Å². The largest absolute Gasteiger partial charge is 0.497 e. The summed E-state index contributed by atoms with van der Waals surface area (Å²) in [4.78, 5) is 11.5. The van der Waals surface area contributed by atoms with Crippen LogP contribution in [0.4, 0.5) is 0 Å². The standard InChI is InChI=1S/C35H40O6/c1-5-11-31(15-9-12-26(2)28-13-7-6-8-14-28)40-22-10-23-41-33-21-16-27(25-34(39-4)35(36)37)24-32(33)29-17-19-30(38-3)20-18-29/h5-9,11-14,16-21,24,26,34H,1,10,15,22-23,25H2,2-4H3,(H,36,37)/b12-9-,31-11+. The molecule has 3 aromatic carbocycles. The van der Waals surface area contributed by atoms with Gasteiger partial charge in [-0.2, -0.15) is 0 Å². The summed E-state index contributed by atoms with van der Waals surface area (Å²) < 4.78 is 22.6. The molecule has 0 radical (unpaired) electrons. The number of ether oxygens (including phenoxy) is 4. The lowest BCUT2D eigenvalue weighted by molar-refractivity contribution is -0.148. The van der Waals surface area contributed by atoms with Gasteiger partial charge in [0.25, 0.3) is 0 Å². The minimum Gasteiger partial charge on any atom is -0.497 e. The number of benzene rings is 3. The van der Waals surface area contributed by atoms with E-state index in [1.165, 1.54) is 12.7 Å². The lowest BCUT2D eigenvalue weighted by atomic mass is 9.99. The maximum atomic E-state index is 11.5. The molecule has 2 atom stereocenters. The summed E-state index contributed by atoms with van der Waals surface area (Å²) in [6.07, 6.45) is 8.65. The molecule has 3 aromatic rings. The van der Waals surface area contributed by atoms with E-state index < -0.39 is 12.1 Å². The molecule has 1 N–H and O–H groups in total. The molecule has 0 aliphatic heterocycles. The van der Waals surface area contributed by atoms with Gasteiger partial charge in [-0.25, -0.2) is 4.79 Å². The Kier molecular flexibility index (Phi) is 12.7. The highest BCUT2D eigenvalue weighted by Gasteiger charge is 2.18. The van der Waals surface area contributed by atoms with Crippen LogP contribution >= 0.6 is 0 Å². The summed E-state index contributed by atoms with van der Waals surface area (Å²) >= 11 is 0. The SMILES string of the molecule is C=C/C=C(\C/C=C\C(C)c1ccccc1)OCCCOc1ccc(CC(OC)C(=O)O)cc1-c1ccc(OC)cc1. The van der Waals surface area contributed by atoms with E-state index in [2.05, 4.69) is 49.9 Å². The Hall–Kier alpha value is -4.29. The molecule has 0 saturated heterocycles. The lowest BCUT2D eigenvalue weighted by Gasteiger charge is -2.16. The average molecular weight is 557 g/mol. The van der Waals surface area contributed by atoms with Gasteiger partial charge in [0.1, 0.15) is 11.5 Å². The first kappa shape index (κ1) is 31.2. The molecule has 0 fully saturated rings. The molecule has 0 aromatic heterocycles. The van der Waals surface area contributed by atoms with E-state index in [1.54, 1.807) is 13.2 Å². The van der Waals surface area contributed by atoms with Crippen LogP contribution in [0.5, 0.6) is 11.5 Å². The van der Waals surface area contributed by atoms with Crippen LogP contribution in [0.3, 0.4) is 0 Å². The Morgan fingerprint density at radius 3 is 2.41 bits per heavy atom. The Bertz CT molecular complexity index is 1290. The number of rotatable bonds is 17. The second kappa shape index (κ2) is 16.7. The van der Waals surface area contributed by atoms with Gasteiger partial charge in [0.05, 0.1) is 26.1 Å². The molecule has 2 unspecified atom stereocenters. The first-order valence-electron chi connectivity index (χ1n) is 13.8. The molecule has 0 saturated carbocycles. The lowest BCUT2D eigenvalue weighted by Crippen LogP contribution is -2.24. The number of hydrogen-bond donors (Lipinski definition) is 1. The molecule has 216 valence electrons. The zero-order valence-corrected chi connectivity index (χ0v) is 24.1. The zero-order valence-electron chi connectivity index (χ0n) is 24.1. The fourth-order valence-electron chi connectivity index (χ4n) is 4.32. The Labute approximate surface area is 243 Å². The quantitative estimate of drug-likeness (QED) is 0.0798. The van der Waals surface area contributed by atoms with Crippen molar-refractivity contribution in [2.75, 3.05) is 27.4 Å². The molecular formula is C35H40O6. The van der Waals surface area contributed by atoms with Crippen molar-refractivity contribution in [3.8, 4) is 22.6 Å². The van der Waals surface area contributed by atoms with E-state index in [1.807, 2.05) is 54.6 Å². The van der Waals surface area contributed by atoms with Crippen LogP contribution in [0.2, 0.25) is 0 Å². The summed E-state index contributed by atoms with van der Waals surface area (Å²) in [5, 5.41) is 9.40. The van der Waals surface area contributed by atoms with Crippen LogP contribution in [0, 0.1) is 0 Å². The second-order valence-electron chi connectivity index (χ2n) is 9.58. The van der Waals surface area contributed by atoms with Crippen molar-refractivity contribution in [3.05, 3.63) is 121 Å². The van der Waals surface area contributed by atoms with Crippen molar-refractivity contribution in [1.82, 2.24) is 0 Å². The Morgan fingerprint density at radius 1 is 1.00 bits per heavy atom. The fraction of sp³-hybridized carbons (Fsp3) is 0.286. The number of hydrogen-bond acceptors (Lipinski definition) is 5. The molecule has 3 rings (SSSR count). The average Bonchev–Trinajstić information content (AvgIpc) is 3.00. The monoisotopic (exact) mass is 556 g/mol. The molecule has 0 aliphatic rings. The highest BCUT2D eigenvalue weighted by Crippen LogP contribution is 2.33. The van der Waals surface area contributed by atoms with Crippen LogP contribution in [0.15, 0.2) is 109 Å². The Balaban J connectivity index is 1.60. The summed E-state index contributed by atoms with van der Waals surface area (Å²) in [7, 11) is 3.03. The molecule has 0 spiro atoms. The van der Waals surface area contributed by atoms with Crippen molar-refractivity contribution in [3.63, 3.8) is 0 Å². The number of aliphatic carboxylic acids is 1. The minimum atomic E-state index is -0.995. The summed E-state index contributed by atoms with van der Waals surface area (Å²) in [6, 6.07) is 23.8. The summed E-state index contributed by atoms with van der Waals surface area (Å²) in [5.74, 6) is 1.65. The Morgan fingerprint density at radius 2 is 1.76 bits per heavy atom. The number of carboxylic acid groups (broad SMARTS) is 1. The van der Waals surface area contributed by atoms with E-state index in [0.717, 1.165) is 28.2 Å². The van der Waals surface area contributed by atoms with Crippen molar-refractivity contribution in [1.29, 1.82) is 0 Å². The van der Waals surface area contributed by atoms with Gasteiger partial charge in [-0.05, 0) is 52.9 Å². The van der Waals surface area contributed by atoms with Gasteiger partial charge < -0.3 is 24.1 Å². The predicted molar refractivity (Wildman–Crippen MR) is 164 cm³/mol. The molecule has 0 amide bonds. The van der Waals surface area contributed by atoms with Crippen LogP contribution in [-0.4, -0.2) is 44.6 Å². The van der Waals surface area contributed by atoms with Crippen molar-refractivity contribution in [2.45, 2.75) is 38.2 Å². The predicted octanol–water partition coefficient (Wildman–Crippen LogP) is 7.61. The van der Waals surface area contributed by atoms with Crippen LogP contribution in [0.1, 0.15) is 36.8 Å². The highest BCUT2D eigenvalue weighted by molar-refractivity contribution is 5.74. The van der Waals surface area contributed by atoms with E-state index in [0.29, 0.717) is 37.7 Å². The van der Waals surface area contributed by atoms with E-state index in [4.69, 9.17) is 18.9 Å². The maximum absolute atomic E-state index is 11.5. The normalized spacial score (nSPS) is 13.0. The molecule has 0 bridgehead atoms. The molecule has 0 aliphatic carbocycles. The molecule has 41 heavy (non-hydrogen) atoms. The van der Waals surface area contributed by atoms with E-state index in [-0.39, 0.29) is 6.42 Å². The first-order chi connectivity index (χ1) is 19.9. The van der Waals surface area contributed by atoms with Crippen molar-refractivity contribution in [2.24, 2.45) is 0 Å². The molecule has 0 heterocycles. The number of methoxy groups -OCH3 is 2. The van der Waals surface area contributed by atoms with Gasteiger partial charge in [-0.3, -0.25) is 0 Å². The summed E-state index contributed by atoms with van der Waals surface area (Å²) in [5.41, 5.74) is 3.93. The van der Waals surface area contributed by atoms with Gasteiger partial charge in [0, 0.05) is 31.9 Å². The van der Waals surface area contributed by atoms with Crippen molar-refractivity contribution < 1.29 is 28.8 Å². The highest BCUT2D eigenvalue weighted by atomic mass is 16.5. The summed E-state index contributed by atoms with van der Waals surface area (Å²) in [6.45, 7) is 6.95. The smallest absolute Gasteiger partial charge is 0.333 e. The molecule has 6 heteroatoms. The van der Waals surface area contributed by atoms with Crippen LogP contribution in [0.25, 0.3) is 11.1 Å². The first-order valence-corrected chi connectivity index (χ1v) is 13.8. The number of carbonyl (C=O) groups is 1. The van der Waals surface area contributed by atoms with E-state index >= 15 is 0 Å². The zero-order chi connectivity index (χ0) is 29.5. The van der Waals surface area contributed by atoms with E-state index in [9.17, 15) is 9.90 Å². The third-order valence-electron chi connectivity index (χ3n) is 6.63. The fourth-order valence-corrected chi connectivity index (χ4v) is 4.32. The minimum absolute atomic E-state index is 0.250. The number of carboxylic acids is 1. The van der Waals surface area contributed by atoms with Gasteiger partial charge in [0.15, 0.2) is 6.10 Å². The van der Waals surface area contributed by atoms with Gasteiger partial charge >= 0.3 is 5.97 Å². The van der Waals surface area contributed by atoms with Gasteiger partial charge in [-0.1, -0.05) is 80.3 Å². The topological polar surface area (TPSA) is 74.2 Å². The maximum Gasteiger partial charge on any atom is 0.333 e. The third kappa shape index (κ3) is 10.00. The molecular weight excluding hydrogens is 516 g/mol. The molecule has 6 nitrogen and oxygen atoms in total. The van der Waals surface area contributed by atoms with Gasteiger partial charge in [-0.15, -0.1) is 0 Å². The second-order valence-corrected chi connectivity index (χ2v) is 9.58. The van der Waals surface area contributed by atoms with Gasteiger partial charge in [0.2, 0.25) is 0 Å². The number of allylic oxidation sites excluding steroid dienone is 4. The van der Waals surface area contributed by atoms with Crippen LogP contribution in [-0.2, 0) is 20.7 Å².